The molecule has 0 bridgehead atoms. The van der Waals surface area contributed by atoms with E-state index in [-0.39, 0.29) is 30.3 Å². The molecule has 2 saturated carbocycles. The lowest BCUT2D eigenvalue weighted by Gasteiger charge is -2.43. The summed E-state index contributed by atoms with van der Waals surface area (Å²) in [6.07, 6.45) is 11.9. The third kappa shape index (κ3) is 4.78. The summed E-state index contributed by atoms with van der Waals surface area (Å²) in [5.74, 6) is -0.486. The van der Waals surface area contributed by atoms with Gasteiger partial charge < -0.3 is 15.1 Å². The summed E-state index contributed by atoms with van der Waals surface area (Å²) in [7, 11) is 0. The Balaban J connectivity index is 1.27. The third-order valence-corrected chi connectivity index (χ3v) is 8.96. The Morgan fingerprint density at radius 2 is 1.64 bits per heavy atom. The van der Waals surface area contributed by atoms with E-state index in [4.69, 9.17) is 0 Å². The molecule has 1 N–H and O–H groups in total. The van der Waals surface area contributed by atoms with Gasteiger partial charge in [-0.3, -0.25) is 24.0 Å². The quantitative estimate of drug-likeness (QED) is 0.674. The molecule has 198 valence electrons. The van der Waals surface area contributed by atoms with Crippen LogP contribution in [0.25, 0.3) is 0 Å². The molecule has 0 aromatic carbocycles. The zero-order valence-corrected chi connectivity index (χ0v) is 22.0. The number of rotatable bonds is 5. The van der Waals surface area contributed by atoms with Crippen LogP contribution in [0.3, 0.4) is 0 Å². The average molecular weight is 499 g/mol. The summed E-state index contributed by atoms with van der Waals surface area (Å²) in [4.78, 5) is 46.3. The van der Waals surface area contributed by atoms with Crippen LogP contribution in [0.4, 0.5) is 0 Å². The van der Waals surface area contributed by atoms with E-state index >= 15 is 0 Å². The predicted molar refractivity (Wildman–Crippen MR) is 137 cm³/mol. The summed E-state index contributed by atoms with van der Waals surface area (Å²) in [5.41, 5.74) is -0.338. The number of carbonyl (C=O) groups excluding carboxylic acids is 3. The van der Waals surface area contributed by atoms with E-state index in [2.05, 4.69) is 15.3 Å². The maximum Gasteiger partial charge on any atom is 0.274 e. The summed E-state index contributed by atoms with van der Waals surface area (Å²) < 4.78 is 1.58. The van der Waals surface area contributed by atoms with Crippen LogP contribution >= 0.6 is 0 Å². The van der Waals surface area contributed by atoms with Gasteiger partial charge in [-0.25, -0.2) is 0 Å². The summed E-state index contributed by atoms with van der Waals surface area (Å²) in [6.45, 7) is 7.56. The van der Waals surface area contributed by atoms with Gasteiger partial charge in [0.05, 0.1) is 6.54 Å². The molecule has 2 aliphatic heterocycles. The highest BCUT2D eigenvalue weighted by molar-refractivity contribution is 6.02. The summed E-state index contributed by atoms with van der Waals surface area (Å²) >= 11 is 0. The Morgan fingerprint density at radius 3 is 2.28 bits per heavy atom. The minimum absolute atomic E-state index is 0.121. The van der Waals surface area contributed by atoms with Gasteiger partial charge in [-0.1, -0.05) is 38.5 Å². The second kappa shape index (κ2) is 10.5. The van der Waals surface area contributed by atoms with E-state index in [9.17, 15) is 14.4 Å². The predicted octanol–water partition coefficient (Wildman–Crippen LogP) is 2.66. The summed E-state index contributed by atoms with van der Waals surface area (Å²) in [5, 5.41) is 7.77. The lowest BCUT2D eigenvalue weighted by Crippen LogP contribution is -2.65. The molecule has 0 radical (unpaired) electrons. The Morgan fingerprint density at radius 1 is 1.00 bits per heavy atom. The molecular weight excluding hydrogens is 456 g/mol. The van der Waals surface area contributed by atoms with Gasteiger partial charge in [0.25, 0.3) is 11.8 Å². The van der Waals surface area contributed by atoms with Gasteiger partial charge in [0.2, 0.25) is 5.91 Å². The van der Waals surface area contributed by atoms with Crippen LogP contribution in [-0.4, -0.2) is 92.5 Å². The molecule has 1 aromatic rings. The maximum atomic E-state index is 13.4. The van der Waals surface area contributed by atoms with Crippen LogP contribution in [0.2, 0.25) is 0 Å². The van der Waals surface area contributed by atoms with Gasteiger partial charge in [-0.15, -0.1) is 0 Å². The van der Waals surface area contributed by atoms with Gasteiger partial charge in [-0.05, 0) is 39.5 Å². The fraction of sp³-hybridized carbons (Fsp3) is 0.778. The Kier molecular flexibility index (Phi) is 7.37. The highest BCUT2D eigenvalue weighted by Gasteiger charge is 2.48. The minimum Gasteiger partial charge on any atom is -0.351 e. The lowest BCUT2D eigenvalue weighted by molar-refractivity contribution is -0.133. The molecule has 1 aromatic heterocycles. The number of likely N-dealkylation sites (N-methyl/N-ethyl adjacent to an activating group) is 1. The molecule has 0 spiro atoms. The number of carbonyl (C=O) groups is 3. The molecule has 1 saturated heterocycles. The molecule has 9 nitrogen and oxygen atoms in total. The first-order valence-electron chi connectivity index (χ1n) is 14.1. The minimum atomic E-state index is -1.03. The second-order valence-corrected chi connectivity index (χ2v) is 11.3. The van der Waals surface area contributed by atoms with Gasteiger partial charge in [0.15, 0.2) is 5.69 Å². The van der Waals surface area contributed by atoms with Crippen molar-refractivity contribution in [1.29, 1.82) is 0 Å². The smallest absolute Gasteiger partial charge is 0.274 e. The molecule has 4 aliphatic rings. The van der Waals surface area contributed by atoms with Gasteiger partial charge >= 0.3 is 0 Å². The van der Waals surface area contributed by atoms with Gasteiger partial charge in [0.1, 0.15) is 11.2 Å². The molecule has 1 unspecified atom stereocenters. The number of fused-ring (bicyclic) bond motifs is 1. The van der Waals surface area contributed by atoms with Crippen molar-refractivity contribution >= 4 is 17.7 Å². The van der Waals surface area contributed by atoms with Crippen LogP contribution in [0.5, 0.6) is 0 Å². The second-order valence-electron chi connectivity index (χ2n) is 11.3. The number of nitrogens with zero attached hydrogens (tertiary/aromatic N) is 5. The SMILES string of the molecule is CCN1C(=O)c2cc(C(=O)N3CCN(C4CCCCC4)CC3)nn2CC1(C)C(=O)NC1CCCCC1. The molecule has 1 atom stereocenters. The molecule has 3 heterocycles. The first-order chi connectivity index (χ1) is 17.4. The molecular formula is C27H42N6O3. The van der Waals surface area contributed by atoms with E-state index < -0.39 is 5.54 Å². The third-order valence-electron chi connectivity index (χ3n) is 8.96. The van der Waals surface area contributed by atoms with Crippen LogP contribution in [0.1, 0.15) is 99.0 Å². The Hall–Kier alpha value is -2.42. The molecule has 3 fully saturated rings. The molecule has 3 amide bonds. The zero-order valence-electron chi connectivity index (χ0n) is 22.0. The number of amides is 3. The number of hydrogen-bond donors (Lipinski definition) is 1. The largest absolute Gasteiger partial charge is 0.351 e. The van der Waals surface area contributed by atoms with Crippen LogP contribution in [-0.2, 0) is 11.3 Å². The van der Waals surface area contributed by atoms with Crippen molar-refractivity contribution in [3.8, 4) is 0 Å². The number of piperazine rings is 1. The molecule has 2 aliphatic carbocycles. The fourth-order valence-corrected chi connectivity index (χ4v) is 6.73. The standard InChI is InChI=1S/C27H42N6O3/c1-3-32-25(35)23-18-22(24(34)31-16-14-30(15-17-31)21-12-8-5-9-13-21)29-33(23)19-27(32,2)26(36)28-20-10-6-4-7-11-20/h18,20-21H,3-17,19H2,1-2H3,(H,28,36). The number of aromatic nitrogens is 2. The van der Waals surface area contributed by atoms with Crippen molar-refractivity contribution in [2.75, 3.05) is 32.7 Å². The molecule has 5 rings (SSSR count). The van der Waals surface area contributed by atoms with Crippen molar-refractivity contribution in [2.24, 2.45) is 0 Å². The fourth-order valence-electron chi connectivity index (χ4n) is 6.73. The maximum absolute atomic E-state index is 13.4. The molecule has 36 heavy (non-hydrogen) atoms. The highest BCUT2D eigenvalue weighted by Crippen LogP contribution is 2.29. The van der Waals surface area contributed by atoms with Crippen LogP contribution in [0, 0.1) is 0 Å². The van der Waals surface area contributed by atoms with Crippen molar-refractivity contribution in [2.45, 2.75) is 102 Å². The van der Waals surface area contributed by atoms with E-state index in [1.807, 2.05) is 18.7 Å². The monoisotopic (exact) mass is 498 g/mol. The van der Waals surface area contributed by atoms with Crippen molar-refractivity contribution in [1.82, 2.24) is 29.8 Å². The van der Waals surface area contributed by atoms with E-state index in [1.165, 1.54) is 38.5 Å². The highest BCUT2D eigenvalue weighted by atomic mass is 16.2. The Labute approximate surface area is 214 Å². The van der Waals surface area contributed by atoms with E-state index in [0.717, 1.165) is 38.8 Å². The first kappa shape index (κ1) is 25.2. The molecule has 9 heteroatoms. The van der Waals surface area contributed by atoms with Gasteiger partial charge in [0, 0.05) is 50.9 Å². The Bertz CT molecular complexity index is 972. The number of nitrogens with one attached hydrogen (secondary N) is 1. The van der Waals surface area contributed by atoms with Crippen molar-refractivity contribution in [3.63, 3.8) is 0 Å². The average Bonchev–Trinajstić information content (AvgIpc) is 3.33. The first-order valence-corrected chi connectivity index (χ1v) is 14.1. The zero-order chi connectivity index (χ0) is 25.3. The lowest BCUT2D eigenvalue weighted by atomic mass is 9.91. The normalized spacial score (nSPS) is 26.7. The van der Waals surface area contributed by atoms with Crippen LogP contribution in [0.15, 0.2) is 6.07 Å². The topological polar surface area (TPSA) is 90.8 Å². The van der Waals surface area contributed by atoms with Crippen LogP contribution < -0.4 is 5.32 Å². The van der Waals surface area contributed by atoms with E-state index in [0.29, 0.717) is 37.1 Å². The summed E-state index contributed by atoms with van der Waals surface area (Å²) in [6, 6.07) is 2.45. The van der Waals surface area contributed by atoms with Crippen molar-refractivity contribution < 1.29 is 14.4 Å². The van der Waals surface area contributed by atoms with Gasteiger partial charge in [-0.2, -0.15) is 5.10 Å². The van der Waals surface area contributed by atoms with E-state index in [1.54, 1.807) is 15.6 Å². The number of hydrogen-bond acceptors (Lipinski definition) is 5. The van der Waals surface area contributed by atoms with Crippen molar-refractivity contribution in [3.05, 3.63) is 17.5 Å².